The zero-order valence-corrected chi connectivity index (χ0v) is 13.3. The Hall–Kier alpha value is -1.71. The van der Waals surface area contributed by atoms with Crippen molar-refractivity contribution >= 4 is 15.7 Å². The third-order valence-corrected chi connectivity index (χ3v) is 5.60. The van der Waals surface area contributed by atoms with Crippen molar-refractivity contribution in [3.8, 4) is 5.75 Å². The minimum atomic E-state index is -3.81. The van der Waals surface area contributed by atoms with Crippen LogP contribution in [0.1, 0.15) is 6.42 Å². The van der Waals surface area contributed by atoms with Crippen LogP contribution >= 0.6 is 0 Å². The smallest absolute Gasteiger partial charge is 0.271 e. The van der Waals surface area contributed by atoms with Gasteiger partial charge in [0.15, 0.2) is 0 Å². The number of sulfonamides is 1. The Morgan fingerprint density at radius 3 is 2.82 bits per heavy atom. The monoisotopic (exact) mass is 329 g/mol. The summed E-state index contributed by atoms with van der Waals surface area (Å²) in [6.07, 6.45) is 0.761. The fourth-order valence-electron chi connectivity index (χ4n) is 2.59. The van der Waals surface area contributed by atoms with E-state index in [2.05, 4.69) is 5.32 Å². The highest BCUT2D eigenvalue weighted by molar-refractivity contribution is 7.89. The van der Waals surface area contributed by atoms with E-state index in [1.807, 2.05) is 7.05 Å². The van der Waals surface area contributed by atoms with Crippen molar-refractivity contribution in [2.24, 2.45) is 5.92 Å². The first-order valence-electron chi connectivity index (χ1n) is 6.87. The average Bonchev–Trinajstić information content (AvgIpc) is 2.96. The van der Waals surface area contributed by atoms with Crippen LogP contribution in [0.2, 0.25) is 0 Å². The van der Waals surface area contributed by atoms with Crippen LogP contribution in [-0.4, -0.2) is 51.4 Å². The summed E-state index contributed by atoms with van der Waals surface area (Å²) in [6, 6.07) is 3.59. The molecule has 1 aliphatic rings. The fourth-order valence-corrected chi connectivity index (χ4v) is 4.30. The number of nitro benzene ring substituents is 1. The molecule has 122 valence electrons. The lowest BCUT2D eigenvalue weighted by molar-refractivity contribution is -0.385. The lowest BCUT2D eigenvalue weighted by Crippen LogP contribution is -2.30. The normalized spacial score (nSPS) is 19.3. The van der Waals surface area contributed by atoms with Gasteiger partial charge in [-0.25, -0.2) is 8.42 Å². The van der Waals surface area contributed by atoms with Gasteiger partial charge in [0.25, 0.3) is 5.69 Å². The highest BCUT2D eigenvalue weighted by Crippen LogP contribution is 2.32. The van der Waals surface area contributed by atoms with E-state index < -0.39 is 14.9 Å². The van der Waals surface area contributed by atoms with Crippen LogP contribution in [0.4, 0.5) is 5.69 Å². The second kappa shape index (κ2) is 6.59. The lowest BCUT2D eigenvalue weighted by atomic mass is 10.1. The van der Waals surface area contributed by atoms with Crippen LogP contribution in [0.3, 0.4) is 0 Å². The van der Waals surface area contributed by atoms with E-state index in [1.165, 1.54) is 23.5 Å². The highest BCUT2D eigenvalue weighted by Gasteiger charge is 2.34. The van der Waals surface area contributed by atoms with E-state index in [0.29, 0.717) is 13.1 Å². The number of nitrogens with one attached hydrogen (secondary N) is 1. The number of non-ortho nitro benzene ring substituents is 1. The molecule has 22 heavy (non-hydrogen) atoms. The van der Waals surface area contributed by atoms with Crippen LogP contribution in [0.5, 0.6) is 5.75 Å². The van der Waals surface area contributed by atoms with Crippen molar-refractivity contribution in [1.82, 2.24) is 9.62 Å². The number of methoxy groups -OCH3 is 1. The van der Waals surface area contributed by atoms with Gasteiger partial charge in [0.05, 0.1) is 12.0 Å². The minimum Gasteiger partial charge on any atom is -0.495 e. The van der Waals surface area contributed by atoms with Gasteiger partial charge in [0.2, 0.25) is 10.0 Å². The first-order valence-corrected chi connectivity index (χ1v) is 8.31. The molecule has 1 atom stereocenters. The van der Waals surface area contributed by atoms with Crippen molar-refractivity contribution in [1.29, 1.82) is 0 Å². The molecular weight excluding hydrogens is 310 g/mol. The maximum atomic E-state index is 12.7. The Labute approximate surface area is 129 Å². The van der Waals surface area contributed by atoms with E-state index in [1.54, 1.807) is 0 Å². The van der Waals surface area contributed by atoms with Gasteiger partial charge in [0.1, 0.15) is 10.6 Å². The van der Waals surface area contributed by atoms with Crippen LogP contribution in [0, 0.1) is 16.0 Å². The molecule has 0 bridgehead atoms. The van der Waals surface area contributed by atoms with E-state index in [0.717, 1.165) is 19.0 Å². The number of nitrogens with zero attached hydrogens (tertiary/aromatic N) is 2. The second-order valence-electron chi connectivity index (χ2n) is 5.17. The summed E-state index contributed by atoms with van der Waals surface area (Å²) in [5.41, 5.74) is -0.273. The van der Waals surface area contributed by atoms with E-state index >= 15 is 0 Å². The van der Waals surface area contributed by atoms with Gasteiger partial charge in [-0.05, 0) is 32.0 Å². The summed E-state index contributed by atoms with van der Waals surface area (Å²) in [6.45, 7) is 1.54. The molecule has 0 aliphatic carbocycles. The summed E-state index contributed by atoms with van der Waals surface area (Å²) in [4.78, 5) is 10.1. The van der Waals surface area contributed by atoms with Crippen molar-refractivity contribution in [2.45, 2.75) is 11.3 Å². The molecule has 0 saturated carbocycles. The molecule has 2 rings (SSSR count). The summed E-state index contributed by atoms with van der Waals surface area (Å²) in [5, 5.41) is 13.9. The third kappa shape index (κ3) is 3.21. The number of benzene rings is 1. The molecule has 0 amide bonds. The number of hydrogen-bond acceptors (Lipinski definition) is 6. The van der Waals surface area contributed by atoms with Crippen molar-refractivity contribution < 1.29 is 18.1 Å². The molecule has 0 spiro atoms. The Balaban J connectivity index is 2.36. The van der Waals surface area contributed by atoms with Gasteiger partial charge >= 0.3 is 0 Å². The van der Waals surface area contributed by atoms with Gasteiger partial charge in [-0.2, -0.15) is 4.31 Å². The highest BCUT2D eigenvalue weighted by atomic mass is 32.2. The van der Waals surface area contributed by atoms with Crippen LogP contribution in [-0.2, 0) is 10.0 Å². The topological polar surface area (TPSA) is 102 Å². The molecule has 1 fully saturated rings. The molecule has 1 aliphatic heterocycles. The zero-order chi connectivity index (χ0) is 16.3. The predicted molar refractivity (Wildman–Crippen MR) is 80.4 cm³/mol. The lowest BCUT2D eigenvalue weighted by Gasteiger charge is -2.18. The third-order valence-electron chi connectivity index (χ3n) is 3.72. The van der Waals surface area contributed by atoms with Crippen molar-refractivity contribution in [3.63, 3.8) is 0 Å². The van der Waals surface area contributed by atoms with Gasteiger partial charge in [-0.3, -0.25) is 10.1 Å². The standard InChI is InChI=1S/C13H19N3O5S/c1-14-8-10-5-6-15(9-10)22(19,20)13-7-11(16(17)18)3-4-12(13)21-2/h3-4,7,10,14H,5-6,8-9H2,1-2H3. The Bertz CT molecular complexity index is 662. The molecule has 0 aromatic heterocycles. The van der Waals surface area contributed by atoms with Crippen LogP contribution in [0.25, 0.3) is 0 Å². The predicted octanol–water partition coefficient (Wildman–Crippen LogP) is 0.833. The second-order valence-corrected chi connectivity index (χ2v) is 7.07. The number of nitro groups is 1. The molecule has 1 aromatic carbocycles. The van der Waals surface area contributed by atoms with E-state index in [4.69, 9.17) is 4.74 Å². The maximum absolute atomic E-state index is 12.7. The largest absolute Gasteiger partial charge is 0.495 e. The number of hydrogen-bond donors (Lipinski definition) is 1. The quantitative estimate of drug-likeness (QED) is 0.613. The average molecular weight is 329 g/mol. The van der Waals surface area contributed by atoms with E-state index in [9.17, 15) is 18.5 Å². The SMILES string of the molecule is CNCC1CCN(S(=O)(=O)c2cc([N+](=O)[O-])ccc2OC)C1. The Kier molecular flexibility index (Phi) is 4.99. The first-order chi connectivity index (χ1) is 10.4. The zero-order valence-electron chi connectivity index (χ0n) is 12.5. The molecule has 0 radical (unpaired) electrons. The Morgan fingerprint density at radius 1 is 1.50 bits per heavy atom. The summed E-state index contributed by atoms with van der Waals surface area (Å²) in [5.74, 6) is 0.354. The fraction of sp³-hybridized carbons (Fsp3) is 0.538. The molecule has 1 unspecified atom stereocenters. The molecular formula is C13H19N3O5S. The maximum Gasteiger partial charge on any atom is 0.271 e. The summed E-state index contributed by atoms with van der Waals surface area (Å²) >= 11 is 0. The molecule has 1 saturated heterocycles. The Morgan fingerprint density at radius 2 is 2.23 bits per heavy atom. The van der Waals surface area contributed by atoms with Crippen LogP contribution < -0.4 is 10.1 Å². The molecule has 1 aromatic rings. The number of ether oxygens (including phenoxy) is 1. The molecule has 1 N–H and O–H groups in total. The molecule has 1 heterocycles. The molecule has 8 nitrogen and oxygen atoms in total. The first kappa shape index (κ1) is 16.7. The minimum absolute atomic E-state index is 0.114. The van der Waals surface area contributed by atoms with Crippen molar-refractivity contribution in [3.05, 3.63) is 28.3 Å². The van der Waals surface area contributed by atoms with Gasteiger partial charge in [0, 0.05) is 25.2 Å². The number of rotatable bonds is 6. The van der Waals surface area contributed by atoms with Crippen molar-refractivity contribution in [2.75, 3.05) is 33.8 Å². The van der Waals surface area contributed by atoms with Crippen LogP contribution in [0.15, 0.2) is 23.1 Å². The summed E-state index contributed by atoms with van der Waals surface area (Å²) < 4.78 is 31.9. The van der Waals surface area contributed by atoms with Gasteiger partial charge < -0.3 is 10.1 Å². The van der Waals surface area contributed by atoms with Gasteiger partial charge in [-0.15, -0.1) is 0 Å². The molecule has 9 heteroatoms. The summed E-state index contributed by atoms with van der Waals surface area (Å²) in [7, 11) is -0.651. The van der Waals surface area contributed by atoms with E-state index in [-0.39, 0.29) is 22.3 Å². The van der Waals surface area contributed by atoms with Gasteiger partial charge in [-0.1, -0.05) is 0 Å².